The molecule has 0 aliphatic rings. The summed E-state index contributed by atoms with van der Waals surface area (Å²) in [5.74, 6) is 0. The molecular weight excluding hydrogens is 404 g/mol. The number of aromatic nitrogens is 3. The summed E-state index contributed by atoms with van der Waals surface area (Å²) in [6.45, 7) is 6.87. The predicted molar refractivity (Wildman–Crippen MR) is 120 cm³/mol. The molecule has 4 rings (SSSR count). The normalized spacial score (nSPS) is 11.6. The molecule has 0 spiro atoms. The molecule has 29 heavy (non-hydrogen) atoms. The molecule has 0 radical (unpaired) electrons. The van der Waals surface area contributed by atoms with Gasteiger partial charge in [0.15, 0.2) is 5.13 Å². The summed E-state index contributed by atoms with van der Waals surface area (Å²) in [6.07, 6.45) is 3.49. The summed E-state index contributed by atoms with van der Waals surface area (Å²) in [5, 5.41) is 4.72. The van der Waals surface area contributed by atoms with E-state index in [9.17, 15) is 0 Å². The van der Waals surface area contributed by atoms with E-state index in [1.165, 1.54) is 0 Å². The number of anilines is 2. The molecule has 0 aliphatic heterocycles. The first-order valence-corrected chi connectivity index (χ1v) is 10.4. The van der Waals surface area contributed by atoms with Gasteiger partial charge in [0.2, 0.25) is 0 Å². The fourth-order valence-electron chi connectivity index (χ4n) is 2.66. The summed E-state index contributed by atoms with van der Waals surface area (Å²) in [7, 11) is 0. The van der Waals surface area contributed by atoms with Gasteiger partial charge >= 0.3 is 6.01 Å². The lowest BCUT2D eigenvalue weighted by atomic mass is 9.99. The Morgan fingerprint density at radius 2 is 1.79 bits per heavy atom. The summed E-state index contributed by atoms with van der Waals surface area (Å²) in [6, 6.07) is 14.2. The number of hydrogen-bond donors (Lipinski definition) is 1. The van der Waals surface area contributed by atoms with Crippen LogP contribution >= 0.6 is 22.9 Å². The Morgan fingerprint density at radius 1 is 1.03 bits per heavy atom. The van der Waals surface area contributed by atoms with Crippen LogP contribution in [0.3, 0.4) is 0 Å². The second kappa shape index (κ2) is 7.97. The summed E-state index contributed by atoms with van der Waals surface area (Å²) < 4.78 is 6.76. The minimum Gasteiger partial charge on any atom is -0.463 e. The van der Waals surface area contributed by atoms with Crippen LogP contribution in [0.15, 0.2) is 54.9 Å². The highest BCUT2D eigenvalue weighted by Crippen LogP contribution is 2.33. The number of para-hydroxylation sites is 1. The molecule has 4 aromatic rings. The topological polar surface area (TPSA) is 59.9 Å². The molecule has 5 nitrogen and oxygen atoms in total. The average Bonchev–Trinajstić information content (AvgIpc) is 3.10. The average molecular weight is 425 g/mol. The molecule has 0 fully saturated rings. The number of halogens is 1. The molecule has 2 aromatic carbocycles. The zero-order chi connectivity index (χ0) is 20.4. The first kappa shape index (κ1) is 19.6. The van der Waals surface area contributed by atoms with Crippen LogP contribution in [0.4, 0.5) is 10.8 Å². The van der Waals surface area contributed by atoms with Gasteiger partial charge in [-0.1, -0.05) is 61.9 Å². The standard InChI is InChI=1S/C22H21ClN4OS/c1-22(2,3)13-28-20-24-11-15(12-25-20)14-8-9-17(16(23)10-14)26-21-27-18-6-4-5-7-19(18)29-21/h4-12H,13H2,1-3H3,(H,26,27). The zero-order valence-corrected chi connectivity index (χ0v) is 18.0. The van der Waals surface area contributed by atoms with E-state index in [0.29, 0.717) is 17.6 Å². The Kier molecular flexibility index (Phi) is 5.39. The molecule has 0 saturated carbocycles. The fraction of sp³-hybridized carbons (Fsp3) is 0.227. The number of rotatable bonds is 5. The van der Waals surface area contributed by atoms with E-state index in [0.717, 1.165) is 32.2 Å². The number of hydrogen-bond acceptors (Lipinski definition) is 6. The van der Waals surface area contributed by atoms with Crippen molar-refractivity contribution in [3.63, 3.8) is 0 Å². The number of thiazole rings is 1. The monoisotopic (exact) mass is 424 g/mol. The van der Waals surface area contributed by atoms with Crippen molar-refractivity contribution < 1.29 is 4.74 Å². The van der Waals surface area contributed by atoms with E-state index in [1.807, 2.05) is 36.4 Å². The van der Waals surface area contributed by atoms with Crippen molar-refractivity contribution in [3.8, 4) is 17.1 Å². The summed E-state index contributed by atoms with van der Waals surface area (Å²) in [5.41, 5.74) is 3.65. The van der Waals surface area contributed by atoms with Gasteiger partial charge in [-0.2, -0.15) is 0 Å². The molecule has 148 valence electrons. The van der Waals surface area contributed by atoms with Gasteiger partial charge in [0.25, 0.3) is 0 Å². The van der Waals surface area contributed by atoms with Gasteiger partial charge in [0, 0.05) is 18.0 Å². The third kappa shape index (κ3) is 4.83. The van der Waals surface area contributed by atoms with Crippen molar-refractivity contribution in [2.45, 2.75) is 20.8 Å². The van der Waals surface area contributed by atoms with Gasteiger partial charge in [-0.3, -0.25) is 0 Å². The molecule has 1 N–H and O–H groups in total. The molecule has 2 heterocycles. The smallest absolute Gasteiger partial charge is 0.316 e. The van der Waals surface area contributed by atoms with E-state index < -0.39 is 0 Å². The number of benzene rings is 2. The van der Waals surface area contributed by atoms with Crippen molar-refractivity contribution in [3.05, 3.63) is 59.9 Å². The van der Waals surface area contributed by atoms with E-state index in [4.69, 9.17) is 16.3 Å². The lowest BCUT2D eigenvalue weighted by molar-refractivity contribution is 0.184. The number of nitrogens with zero attached hydrogens (tertiary/aromatic N) is 3. The van der Waals surface area contributed by atoms with Crippen LogP contribution in [0.2, 0.25) is 5.02 Å². The van der Waals surface area contributed by atoms with Gasteiger partial charge in [0.1, 0.15) is 0 Å². The molecule has 0 atom stereocenters. The van der Waals surface area contributed by atoms with Gasteiger partial charge < -0.3 is 10.1 Å². The van der Waals surface area contributed by atoms with Gasteiger partial charge in [-0.25, -0.2) is 15.0 Å². The number of ether oxygens (including phenoxy) is 1. The molecule has 0 aliphatic carbocycles. The molecule has 0 amide bonds. The Balaban J connectivity index is 1.49. The predicted octanol–water partition coefficient (Wildman–Crippen LogP) is 6.58. The Labute approximate surface area is 178 Å². The first-order valence-electron chi connectivity index (χ1n) is 9.25. The first-order chi connectivity index (χ1) is 13.9. The van der Waals surface area contributed by atoms with Crippen LogP contribution in [0.5, 0.6) is 6.01 Å². The van der Waals surface area contributed by atoms with Crippen LogP contribution in [-0.4, -0.2) is 21.6 Å². The quantitative estimate of drug-likeness (QED) is 0.392. The van der Waals surface area contributed by atoms with Crippen LogP contribution in [0.1, 0.15) is 20.8 Å². The lowest BCUT2D eigenvalue weighted by Crippen LogP contribution is -2.17. The fourth-order valence-corrected chi connectivity index (χ4v) is 3.76. The van der Waals surface area contributed by atoms with Gasteiger partial charge in [-0.05, 0) is 35.2 Å². The van der Waals surface area contributed by atoms with Gasteiger partial charge in [-0.15, -0.1) is 0 Å². The van der Waals surface area contributed by atoms with Crippen LogP contribution in [0, 0.1) is 5.41 Å². The second-order valence-corrected chi connectivity index (χ2v) is 9.35. The van der Waals surface area contributed by atoms with Crippen LogP contribution < -0.4 is 10.1 Å². The second-order valence-electron chi connectivity index (χ2n) is 7.91. The molecule has 7 heteroatoms. The molecular formula is C22H21ClN4OS. The maximum atomic E-state index is 6.51. The third-order valence-corrected chi connectivity index (χ3v) is 5.36. The van der Waals surface area contributed by atoms with E-state index in [1.54, 1.807) is 23.7 Å². The van der Waals surface area contributed by atoms with Crippen LogP contribution in [-0.2, 0) is 0 Å². The Hall–Kier alpha value is -2.70. The molecule has 0 unspecified atom stereocenters. The minimum atomic E-state index is 0.0572. The van der Waals surface area contributed by atoms with Crippen molar-refractivity contribution in [1.82, 2.24) is 15.0 Å². The van der Waals surface area contributed by atoms with E-state index >= 15 is 0 Å². The Bertz CT molecular complexity index is 1100. The minimum absolute atomic E-state index is 0.0572. The Morgan fingerprint density at radius 3 is 2.48 bits per heavy atom. The molecule has 2 aromatic heterocycles. The van der Waals surface area contributed by atoms with Crippen molar-refractivity contribution in [1.29, 1.82) is 0 Å². The van der Waals surface area contributed by atoms with E-state index in [2.05, 4.69) is 47.1 Å². The van der Waals surface area contributed by atoms with Crippen molar-refractivity contribution in [2.24, 2.45) is 5.41 Å². The summed E-state index contributed by atoms with van der Waals surface area (Å²) in [4.78, 5) is 13.2. The SMILES string of the molecule is CC(C)(C)COc1ncc(-c2ccc(Nc3nc4ccccc4s3)c(Cl)c2)cn1. The van der Waals surface area contributed by atoms with E-state index in [-0.39, 0.29) is 5.41 Å². The zero-order valence-electron chi connectivity index (χ0n) is 16.4. The maximum Gasteiger partial charge on any atom is 0.316 e. The number of fused-ring (bicyclic) bond motifs is 1. The summed E-state index contributed by atoms with van der Waals surface area (Å²) >= 11 is 8.10. The highest BCUT2D eigenvalue weighted by molar-refractivity contribution is 7.22. The third-order valence-electron chi connectivity index (χ3n) is 4.10. The lowest BCUT2D eigenvalue weighted by Gasteiger charge is -2.17. The highest BCUT2D eigenvalue weighted by atomic mass is 35.5. The molecule has 0 bridgehead atoms. The van der Waals surface area contributed by atoms with Crippen molar-refractivity contribution in [2.75, 3.05) is 11.9 Å². The van der Waals surface area contributed by atoms with Gasteiger partial charge in [0.05, 0.1) is 27.5 Å². The van der Waals surface area contributed by atoms with Crippen LogP contribution in [0.25, 0.3) is 21.3 Å². The number of nitrogens with one attached hydrogen (secondary N) is 1. The largest absolute Gasteiger partial charge is 0.463 e. The highest BCUT2D eigenvalue weighted by Gasteiger charge is 2.13. The maximum absolute atomic E-state index is 6.51. The molecule has 0 saturated heterocycles. The van der Waals surface area contributed by atoms with Crippen molar-refractivity contribution >= 4 is 44.0 Å².